The van der Waals surface area contributed by atoms with Crippen LogP contribution in [0.4, 0.5) is 0 Å². The summed E-state index contributed by atoms with van der Waals surface area (Å²) in [5.74, 6) is 0. The quantitative estimate of drug-likeness (QED) is 0.380. The molecule has 0 radical (unpaired) electrons. The van der Waals surface area contributed by atoms with Gasteiger partial charge in [0.2, 0.25) is 0 Å². The molecule has 0 N–H and O–H groups in total. The number of fused-ring (bicyclic) bond motifs is 2. The van der Waals surface area contributed by atoms with Crippen molar-refractivity contribution in [2.24, 2.45) is 0 Å². The van der Waals surface area contributed by atoms with Crippen LogP contribution in [0.3, 0.4) is 0 Å². The van der Waals surface area contributed by atoms with Gasteiger partial charge in [0.25, 0.3) is 0 Å². The topological polar surface area (TPSA) is 0 Å². The van der Waals surface area contributed by atoms with E-state index >= 15 is 0 Å². The Morgan fingerprint density at radius 1 is 0.778 bits per heavy atom. The largest absolute Gasteiger partial charge is 1.00 e. The average Bonchev–Trinajstić information content (AvgIpc) is 3.34. The summed E-state index contributed by atoms with van der Waals surface area (Å²) in [7, 11) is 0. The van der Waals surface area contributed by atoms with E-state index in [1.807, 2.05) is 0 Å². The fourth-order valence-corrected chi connectivity index (χ4v) is 2.99. The van der Waals surface area contributed by atoms with Gasteiger partial charge in [-0.1, -0.05) is 12.1 Å². The maximum Gasteiger partial charge on any atom is -0.0809 e. The SMILES string of the molecule is CCC[CH]=[Zr+2].[CH2-]C.[Cl-].[Cl-].c1ccc2[cH-]ccc2c1.c1ccc2[cH-]ccc2c1. The molecule has 27 heavy (non-hydrogen) atoms. The molecule has 0 saturated heterocycles. The molecule has 0 nitrogen and oxygen atoms in total. The van der Waals surface area contributed by atoms with E-state index in [1.54, 1.807) is 31.2 Å². The summed E-state index contributed by atoms with van der Waals surface area (Å²) >= 11 is 1.56. The summed E-state index contributed by atoms with van der Waals surface area (Å²) in [6, 6.07) is 29.3. The molecule has 0 atom stereocenters. The van der Waals surface area contributed by atoms with Gasteiger partial charge in [-0.15, -0.1) is 59.3 Å². The van der Waals surface area contributed by atoms with Crippen LogP contribution in [0.15, 0.2) is 84.9 Å². The first-order valence-electron chi connectivity index (χ1n) is 8.75. The molecule has 144 valence electrons. The molecule has 0 amide bonds. The van der Waals surface area contributed by atoms with Gasteiger partial charge < -0.3 is 31.7 Å². The Hall–Kier alpha value is -1.01. The molecule has 0 aliphatic carbocycles. The van der Waals surface area contributed by atoms with Crippen LogP contribution in [0.25, 0.3) is 21.5 Å². The molecule has 4 aromatic carbocycles. The van der Waals surface area contributed by atoms with E-state index in [4.69, 9.17) is 0 Å². The third kappa shape index (κ3) is 10.8. The Labute approximate surface area is 191 Å². The molecular weight excluding hydrogens is 450 g/mol. The minimum Gasteiger partial charge on any atom is -1.00 e. The predicted octanol–water partition coefficient (Wildman–Crippen LogP) is 1.10. The van der Waals surface area contributed by atoms with Gasteiger partial charge in [-0.05, 0) is 0 Å². The molecule has 0 aliphatic rings. The van der Waals surface area contributed by atoms with Gasteiger partial charge in [-0.25, -0.2) is 0 Å². The van der Waals surface area contributed by atoms with Crippen molar-refractivity contribution < 1.29 is 49.0 Å². The molecule has 0 heterocycles. The standard InChI is InChI=1S/2C9H7.C4H8.C2H5.2ClH.Zr/c2*1-2-5-9-7-3-6-8(9)4-1;1-3-4-2;1-2;;;/h2*1-7H;1H,3-4H2,2H3;1H2,2H3;2*1H;/q2*-1;;-1;;;+2/p-2. The minimum absolute atomic E-state index is 0. The Morgan fingerprint density at radius 2 is 1.19 bits per heavy atom. The third-order valence-corrected chi connectivity index (χ3v) is 4.24. The van der Waals surface area contributed by atoms with Gasteiger partial charge in [-0.3, -0.25) is 0 Å². The van der Waals surface area contributed by atoms with E-state index in [1.165, 1.54) is 34.4 Å². The summed E-state index contributed by atoms with van der Waals surface area (Å²) in [6.45, 7) is 7.19. The van der Waals surface area contributed by atoms with Gasteiger partial charge in [0.1, 0.15) is 0 Å². The Kier molecular flexibility index (Phi) is 19.2. The molecule has 0 saturated carbocycles. The molecule has 0 spiro atoms. The maximum absolute atomic E-state index is 3.25. The monoisotopic (exact) mass is 475 g/mol. The molecule has 0 bridgehead atoms. The van der Waals surface area contributed by atoms with Crippen LogP contribution in [0.1, 0.15) is 26.7 Å². The Balaban J connectivity index is 0. The van der Waals surface area contributed by atoms with Crippen molar-refractivity contribution in [3.8, 4) is 0 Å². The normalized spacial score (nSPS) is 8.48. The van der Waals surface area contributed by atoms with Gasteiger partial charge in [0.15, 0.2) is 0 Å². The van der Waals surface area contributed by atoms with E-state index < -0.39 is 0 Å². The Bertz CT molecular complexity index is 704. The number of benzene rings is 2. The zero-order chi connectivity index (χ0) is 18.3. The predicted molar refractivity (Wildman–Crippen MR) is 111 cm³/mol. The average molecular weight is 478 g/mol. The van der Waals surface area contributed by atoms with Gasteiger partial charge >= 0.3 is 47.7 Å². The van der Waals surface area contributed by atoms with E-state index in [-0.39, 0.29) is 24.8 Å². The molecule has 0 fully saturated rings. The summed E-state index contributed by atoms with van der Waals surface area (Å²) in [5, 5.41) is 5.32. The Morgan fingerprint density at radius 3 is 1.48 bits per heavy atom. The van der Waals surface area contributed by atoms with Crippen LogP contribution in [-0.4, -0.2) is 3.71 Å². The first kappa shape index (κ1) is 28.2. The first-order valence-corrected chi connectivity index (χ1v) is 10.2. The van der Waals surface area contributed by atoms with Crippen LogP contribution >= 0.6 is 0 Å². The number of hydrogen-bond acceptors (Lipinski definition) is 0. The first-order chi connectivity index (χ1) is 12.3. The van der Waals surface area contributed by atoms with Crippen molar-refractivity contribution >= 4 is 25.3 Å². The molecular formula is C24H27Cl2Zr-3. The second kappa shape index (κ2) is 18.4. The fourth-order valence-electron chi connectivity index (χ4n) is 2.28. The van der Waals surface area contributed by atoms with Crippen LogP contribution in [0.2, 0.25) is 0 Å². The van der Waals surface area contributed by atoms with E-state index in [0.29, 0.717) is 0 Å². The number of unbranched alkanes of at least 4 members (excludes halogenated alkanes) is 1. The van der Waals surface area contributed by atoms with Gasteiger partial charge in [0, 0.05) is 0 Å². The van der Waals surface area contributed by atoms with Gasteiger partial charge in [0.05, 0.1) is 0 Å². The van der Waals surface area contributed by atoms with Crippen LogP contribution in [0, 0.1) is 6.92 Å². The molecule has 4 aromatic rings. The van der Waals surface area contributed by atoms with Crippen LogP contribution in [-0.2, 0) is 24.2 Å². The summed E-state index contributed by atoms with van der Waals surface area (Å²) in [4.78, 5) is 0. The number of hydrogen-bond donors (Lipinski definition) is 0. The summed E-state index contributed by atoms with van der Waals surface area (Å²) in [6.07, 6.45) is 2.61. The molecule has 0 aliphatic heterocycles. The van der Waals surface area contributed by atoms with Crippen molar-refractivity contribution in [3.63, 3.8) is 0 Å². The summed E-state index contributed by atoms with van der Waals surface area (Å²) in [5.41, 5.74) is 0. The second-order valence-corrected chi connectivity index (χ2v) is 6.31. The maximum atomic E-state index is 3.25. The molecule has 3 heteroatoms. The molecule has 0 aromatic heterocycles. The van der Waals surface area contributed by atoms with Crippen molar-refractivity contribution in [2.45, 2.75) is 26.7 Å². The number of rotatable bonds is 2. The van der Waals surface area contributed by atoms with Gasteiger partial charge in [-0.2, -0.15) is 42.0 Å². The van der Waals surface area contributed by atoms with E-state index in [0.717, 1.165) is 0 Å². The van der Waals surface area contributed by atoms with Crippen molar-refractivity contribution in [1.82, 2.24) is 0 Å². The third-order valence-electron chi connectivity index (χ3n) is 3.53. The fraction of sp³-hybridized carbons (Fsp3) is 0.167. The molecule has 4 rings (SSSR count). The minimum atomic E-state index is 0. The van der Waals surface area contributed by atoms with Crippen molar-refractivity contribution in [2.75, 3.05) is 0 Å². The summed E-state index contributed by atoms with van der Waals surface area (Å²) < 4.78 is 2.27. The zero-order valence-corrected chi connectivity index (χ0v) is 20.0. The number of halogens is 2. The van der Waals surface area contributed by atoms with E-state index in [2.05, 4.69) is 102 Å². The molecule has 0 unspecified atom stereocenters. The smallest absolute Gasteiger partial charge is 0.0809 e. The van der Waals surface area contributed by atoms with Crippen LogP contribution in [0.5, 0.6) is 0 Å². The van der Waals surface area contributed by atoms with Crippen molar-refractivity contribution in [3.05, 3.63) is 91.9 Å². The van der Waals surface area contributed by atoms with E-state index in [9.17, 15) is 0 Å². The van der Waals surface area contributed by atoms with Crippen molar-refractivity contribution in [1.29, 1.82) is 0 Å². The van der Waals surface area contributed by atoms with Crippen LogP contribution < -0.4 is 24.8 Å². The zero-order valence-electron chi connectivity index (χ0n) is 16.0. The second-order valence-electron chi connectivity index (χ2n) is 5.30.